The van der Waals surface area contributed by atoms with E-state index < -0.39 is 5.41 Å². The third kappa shape index (κ3) is 3.32. The topological polar surface area (TPSA) is 47.6 Å². The first kappa shape index (κ1) is 18.3. The summed E-state index contributed by atoms with van der Waals surface area (Å²) in [6.07, 6.45) is 6.24. The predicted molar refractivity (Wildman–Crippen MR) is 113 cm³/mol. The number of benzene rings is 2. The molecule has 2 aliphatic carbocycles. The molecule has 2 aromatic rings. The van der Waals surface area contributed by atoms with Crippen LogP contribution in [-0.4, -0.2) is 18.7 Å². The van der Waals surface area contributed by atoms with Crippen molar-refractivity contribution in [1.29, 1.82) is 0 Å². The Morgan fingerprint density at radius 2 is 1.86 bits per heavy atom. The monoisotopic (exact) mass is 407 g/mol. The molecule has 1 saturated carbocycles. The number of ether oxygens (including phenoxy) is 2. The van der Waals surface area contributed by atoms with E-state index in [-0.39, 0.29) is 18.7 Å². The molecular weight excluding hydrogens is 386 g/mol. The zero-order valence-corrected chi connectivity index (χ0v) is 17.0. The maximum absolute atomic E-state index is 13.2. The molecule has 4 nitrogen and oxygen atoms in total. The van der Waals surface area contributed by atoms with Gasteiger partial charge in [-0.2, -0.15) is 0 Å². The van der Waals surface area contributed by atoms with Gasteiger partial charge in [-0.25, -0.2) is 0 Å². The molecule has 1 atom stereocenters. The number of hydrogen-bond acceptors (Lipinski definition) is 3. The van der Waals surface area contributed by atoms with Gasteiger partial charge in [0.2, 0.25) is 12.7 Å². The lowest BCUT2D eigenvalue weighted by molar-refractivity contribution is -0.124. The lowest BCUT2D eigenvalue weighted by Crippen LogP contribution is -2.41. The molecule has 0 unspecified atom stereocenters. The van der Waals surface area contributed by atoms with Gasteiger partial charge in [0.15, 0.2) is 11.5 Å². The minimum absolute atomic E-state index is 0.0623. The number of amides is 1. The lowest BCUT2D eigenvalue weighted by atomic mass is 9.91. The van der Waals surface area contributed by atoms with E-state index in [0.29, 0.717) is 6.42 Å². The van der Waals surface area contributed by atoms with Crippen LogP contribution in [0, 0.1) is 6.92 Å². The normalized spacial score (nSPS) is 21.2. The van der Waals surface area contributed by atoms with E-state index >= 15 is 0 Å². The summed E-state index contributed by atoms with van der Waals surface area (Å²) in [4.78, 5) is 13.2. The first-order chi connectivity index (χ1) is 14.0. The zero-order valence-electron chi connectivity index (χ0n) is 16.2. The Kier molecular flexibility index (Phi) is 4.39. The first-order valence-corrected chi connectivity index (χ1v) is 10.3. The van der Waals surface area contributed by atoms with Crippen LogP contribution in [0.1, 0.15) is 36.0 Å². The number of rotatable bonds is 4. The summed E-state index contributed by atoms with van der Waals surface area (Å²) in [6, 6.07) is 14.1. The second-order valence-electron chi connectivity index (χ2n) is 7.99. The number of halogens is 1. The van der Waals surface area contributed by atoms with Gasteiger partial charge in [-0.05, 0) is 61.1 Å². The largest absolute Gasteiger partial charge is 0.454 e. The van der Waals surface area contributed by atoms with Crippen molar-refractivity contribution >= 4 is 23.1 Å². The summed E-state index contributed by atoms with van der Waals surface area (Å²) in [5, 5.41) is 3.96. The quantitative estimate of drug-likeness (QED) is 0.788. The van der Waals surface area contributed by atoms with Gasteiger partial charge in [0, 0.05) is 5.03 Å². The number of carbonyl (C=O) groups excluding carboxylic acids is 1. The van der Waals surface area contributed by atoms with Crippen molar-refractivity contribution in [1.82, 2.24) is 5.32 Å². The van der Waals surface area contributed by atoms with E-state index in [1.807, 2.05) is 30.4 Å². The van der Waals surface area contributed by atoms with Crippen LogP contribution < -0.4 is 14.8 Å². The second kappa shape index (κ2) is 6.96. The van der Waals surface area contributed by atoms with Crippen LogP contribution in [0.2, 0.25) is 0 Å². The van der Waals surface area contributed by atoms with Crippen molar-refractivity contribution in [2.45, 2.75) is 37.6 Å². The second-order valence-corrected chi connectivity index (χ2v) is 8.39. The summed E-state index contributed by atoms with van der Waals surface area (Å²) in [5.74, 6) is 1.52. The van der Waals surface area contributed by atoms with Crippen molar-refractivity contribution in [3.05, 3.63) is 76.3 Å². The van der Waals surface area contributed by atoms with Crippen LogP contribution >= 0.6 is 11.6 Å². The molecule has 2 aromatic carbocycles. The lowest BCUT2D eigenvalue weighted by Gasteiger charge is -2.25. The van der Waals surface area contributed by atoms with E-state index in [9.17, 15) is 4.79 Å². The van der Waals surface area contributed by atoms with E-state index in [2.05, 4.69) is 36.5 Å². The fourth-order valence-corrected chi connectivity index (χ4v) is 4.33. The standard InChI is InChI=1S/C24H22ClNO3/c1-15-2-4-16(5-3-15)19-13-18(7-8-20(19)25)26-23(27)24(10-11-24)17-6-9-21-22(12-17)29-14-28-21/h2-9,12,18H,10-11,13-14H2,1H3,(H,26,27)/t18-/m1/s1. The summed E-state index contributed by atoms with van der Waals surface area (Å²) >= 11 is 6.47. The highest BCUT2D eigenvalue weighted by atomic mass is 35.5. The third-order valence-electron chi connectivity index (χ3n) is 6.01. The molecule has 0 aromatic heterocycles. The Balaban J connectivity index is 1.32. The summed E-state index contributed by atoms with van der Waals surface area (Å²) in [6.45, 7) is 2.30. The van der Waals surface area contributed by atoms with Crippen molar-refractivity contribution in [3.63, 3.8) is 0 Å². The Morgan fingerprint density at radius 3 is 2.62 bits per heavy atom. The van der Waals surface area contributed by atoms with E-state index in [4.69, 9.17) is 21.1 Å². The van der Waals surface area contributed by atoms with Gasteiger partial charge in [-0.15, -0.1) is 0 Å². The Morgan fingerprint density at radius 1 is 1.10 bits per heavy atom. The summed E-state index contributed by atoms with van der Waals surface area (Å²) in [5.41, 5.74) is 3.89. The fourth-order valence-electron chi connectivity index (χ4n) is 4.07. The van der Waals surface area contributed by atoms with E-state index in [1.54, 1.807) is 0 Å². The van der Waals surface area contributed by atoms with Gasteiger partial charge in [-0.1, -0.05) is 53.6 Å². The smallest absolute Gasteiger partial charge is 0.231 e. The Hall–Kier alpha value is -2.72. The van der Waals surface area contributed by atoms with Gasteiger partial charge in [-0.3, -0.25) is 4.79 Å². The molecule has 3 aliphatic rings. The van der Waals surface area contributed by atoms with Crippen molar-refractivity contribution in [3.8, 4) is 11.5 Å². The summed E-state index contributed by atoms with van der Waals surface area (Å²) < 4.78 is 10.9. The SMILES string of the molecule is Cc1ccc(C2=C(Cl)C=C[C@@H](NC(=O)C3(c4ccc5c(c4)OCO5)CC3)C2)cc1. The molecule has 0 bridgehead atoms. The van der Waals surface area contributed by atoms with Crippen LogP contribution in [0.15, 0.2) is 59.6 Å². The molecule has 148 valence electrons. The van der Waals surface area contributed by atoms with Gasteiger partial charge in [0.05, 0.1) is 11.5 Å². The maximum Gasteiger partial charge on any atom is 0.231 e. The molecule has 1 fully saturated rings. The molecule has 0 radical (unpaired) electrons. The van der Waals surface area contributed by atoms with Crippen LogP contribution in [0.4, 0.5) is 0 Å². The third-order valence-corrected chi connectivity index (χ3v) is 6.37. The number of carbonyl (C=O) groups is 1. The number of aryl methyl sites for hydroxylation is 1. The van der Waals surface area contributed by atoms with E-state index in [0.717, 1.165) is 46.1 Å². The average molecular weight is 408 g/mol. The van der Waals surface area contributed by atoms with Crippen LogP contribution in [0.5, 0.6) is 11.5 Å². The number of fused-ring (bicyclic) bond motifs is 1. The van der Waals surface area contributed by atoms with Crippen LogP contribution in [0.25, 0.3) is 5.57 Å². The maximum atomic E-state index is 13.2. The van der Waals surface area contributed by atoms with Crippen molar-refractivity contribution in [2.24, 2.45) is 0 Å². The van der Waals surface area contributed by atoms with E-state index in [1.165, 1.54) is 5.56 Å². The average Bonchev–Trinajstić information content (AvgIpc) is 3.41. The van der Waals surface area contributed by atoms with Gasteiger partial charge < -0.3 is 14.8 Å². The van der Waals surface area contributed by atoms with Gasteiger partial charge in [0.1, 0.15) is 0 Å². The Labute approximate surface area is 175 Å². The fraction of sp³-hybridized carbons (Fsp3) is 0.292. The van der Waals surface area contributed by atoms with Gasteiger partial charge >= 0.3 is 0 Å². The Bertz CT molecular complexity index is 1030. The molecule has 1 heterocycles. The summed E-state index contributed by atoms with van der Waals surface area (Å²) in [7, 11) is 0. The first-order valence-electron chi connectivity index (χ1n) is 9.90. The minimum atomic E-state index is -0.468. The molecule has 29 heavy (non-hydrogen) atoms. The molecule has 5 heteroatoms. The molecule has 0 saturated heterocycles. The molecular formula is C24H22ClNO3. The molecule has 1 N–H and O–H groups in total. The molecule has 1 amide bonds. The number of nitrogens with one attached hydrogen (secondary N) is 1. The molecule has 0 spiro atoms. The number of hydrogen-bond donors (Lipinski definition) is 1. The van der Waals surface area contributed by atoms with Crippen LogP contribution in [-0.2, 0) is 10.2 Å². The highest BCUT2D eigenvalue weighted by molar-refractivity contribution is 6.34. The molecule has 1 aliphatic heterocycles. The van der Waals surface area contributed by atoms with Crippen LogP contribution in [0.3, 0.4) is 0 Å². The zero-order chi connectivity index (χ0) is 20.0. The van der Waals surface area contributed by atoms with Crippen molar-refractivity contribution < 1.29 is 14.3 Å². The van der Waals surface area contributed by atoms with Crippen molar-refractivity contribution in [2.75, 3.05) is 6.79 Å². The van der Waals surface area contributed by atoms with Gasteiger partial charge in [0.25, 0.3) is 0 Å². The highest BCUT2D eigenvalue weighted by Crippen LogP contribution is 2.50. The minimum Gasteiger partial charge on any atom is -0.454 e. The predicted octanol–water partition coefficient (Wildman–Crippen LogP) is 4.85. The number of allylic oxidation sites excluding steroid dienone is 2. The highest BCUT2D eigenvalue weighted by Gasteiger charge is 2.52. The molecule has 5 rings (SSSR count).